The lowest BCUT2D eigenvalue weighted by Gasteiger charge is -2.25. The number of hydrogen-bond acceptors (Lipinski definition) is 7. The third kappa shape index (κ3) is 3.91. The summed E-state index contributed by atoms with van der Waals surface area (Å²) in [4.78, 5) is 14.9. The first-order valence-corrected chi connectivity index (χ1v) is 11.9. The molecule has 31 heavy (non-hydrogen) atoms. The van der Waals surface area contributed by atoms with Gasteiger partial charge in [0.05, 0.1) is 22.7 Å². The van der Waals surface area contributed by atoms with Gasteiger partial charge in [0, 0.05) is 18.2 Å². The Kier molecular flexibility index (Phi) is 5.73. The van der Waals surface area contributed by atoms with Gasteiger partial charge < -0.3 is 14.4 Å². The average molecular weight is 504 g/mol. The SMILES string of the molecule is CCOc1cc(C#N)cc(Br)c1OC(=O)[C@@H]1CCCN1C1=NS(=O)(=O)c2ccccc21. The summed E-state index contributed by atoms with van der Waals surface area (Å²) in [7, 11) is -3.79. The fourth-order valence-corrected chi connectivity index (χ4v) is 5.46. The maximum atomic E-state index is 13.1. The van der Waals surface area contributed by atoms with E-state index in [4.69, 9.17) is 9.47 Å². The molecule has 2 aliphatic rings. The first kappa shape index (κ1) is 21.3. The van der Waals surface area contributed by atoms with Gasteiger partial charge in [-0.3, -0.25) is 0 Å². The second kappa shape index (κ2) is 8.32. The van der Waals surface area contributed by atoms with Crippen molar-refractivity contribution in [2.45, 2.75) is 30.7 Å². The van der Waals surface area contributed by atoms with Gasteiger partial charge in [-0.15, -0.1) is 4.40 Å². The smallest absolute Gasteiger partial charge is 0.334 e. The van der Waals surface area contributed by atoms with Crippen molar-refractivity contribution in [1.82, 2.24) is 4.90 Å². The van der Waals surface area contributed by atoms with Crippen LogP contribution >= 0.6 is 15.9 Å². The number of ether oxygens (including phenoxy) is 2. The van der Waals surface area contributed by atoms with Crippen molar-refractivity contribution in [1.29, 1.82) is 5.26 Å². The molecule has 0 aromatic heterocycles. The highest BCUT2D eigenvalue weighted by molar-refractivity contribution is 9.10. The van der Waals surface area contributed by atoms with Crippen LogP contribution in [0.15, 0.2) is 50.2 Å². The van der Waals surface area contributed by atoms with Gasteiger partial charge in [0.15, 0.2) is 17.3 Å². The monoisotopic (exact) mass is 503 g/mol. The highest BCUT2D eigenvalue weighted by atomic mass is 79.9. The fraction of sp³-hybridized carbons (Fsp3) is 0.286. The Labute approximate surface area is 188 Å². The van der Waals surface area contributed by atoms with Gasteiger partial charge in [0.2, 0.25) is 0 Å². The molecule has 1 fully saturated rings. The Balaban J connectivity index is 1.64. The number of amidine groups is 1. The van der Waals surface area contributed by atoms with Crippen LogP contribution in [0.3, 0.4) is 0 Å². The first-order valence-electron chi connectivity index (χ1n) is 9.65. The molecule has 0 N–H and O–H groups in total. The molecule has 160 valence electrons. The van der Waals surface area contributed by atoms with E-state index in [2.05, 4.69) is 20.3 Å². The van der Waals surface area contributed by atoms with Crippen LogP contribution in [0.1, 0.15) is 30.9 Å². The summed E-state index contributed by atoms with van der Waals surface area (Å²) in [6.45, 7) is 2.59. The second-order valence-electron chi connectivity index (χ2n) is 6.99. The van der Waals surface area contributed by atoms with Crippen molar-refractivity contribution in [2.24, 2.45) is 4.40 Å². The number of nitriles is 1. The summed E-state index contributed by atoms with van der Waals surface area (Å²) < 4.78 is 40.4. The minimum Gasteiger partial charge on any atom is -0.490 e. The maximum Gasteiger partial charge on any atom is 0.334 e. The molecule has 4 rings (SSSR count). The molecule has 0 spiro atoms. The number of esters is 1. The standard InChI is InChI=1S/C21H18BrN3O5S/c1-2-29-17-11-13(12-23)10-15(22)19(17)30-21(26)16-7-5-9-25(16)20-14-6-3-4-8-18(14)31(27,28)24-20/h3-4,6,8,10-11,16H,2,5,7,9H2,1H3/t16-/m0/s1. The molecule has 2 aromatic carbocycles. The number of fused-ring (bicyclic) bond motifs is 1. The van der Waals surface area contributed by atoms with Gasteiger partial charge in [0.25, 0.3) is 10.0 Å². The number of benzene rings is 2. The molecule has 0 aliphatic carbocycles. The van der Waals surface area contributed by atoms with Gasteiger partial charge in [0.1, 0.15) is 10.9 Å². The summed E-state index contributed by atoms with van der Waals surface area (Å²) in [5, 5.41) is 9.18. The maximum absolute atomic E-state index is 13.1. The van der Waals surface area contributed by atoms with Crippen LogP contribution in [0, 0.1) is 11.3 Å². The van der Waals surface area contributed by atoms with Crippen LogP contribution in [-0.4, -0.2) is 44.3 Å². The lowest BCUT2D eigenvalue weighted by Crippen LogP contribution is -2.42. The Morgan fingerprint density at radius 2 is 2.13 bits per heavy atom. The molecule has 0 amide bonds. The van der Waals surface area contributed by atoms with Gasteiger partial charge in [-0.25, -0.2) is 4.79 Å². The normalized spacial score (nSPS) is 18.8. The van der Waals surface area contributed by atoms with Gasteiger partial charge in [-0.1, -0.05) is 12.1 Å². The number of carbonyl (C=O) groups excluding carboxylic acids is 1. The zero-order valence-electron chi connectivity index (χ0n) is 16.5. The van der Waals surface area contributed by atoms with E-state index < -0.39 is 22.0 Å². The zero-order valence-corrected chi connectivity index (χ0v) is 18.9. The molecule has 1 atom stereocenters. The lowest BCUT2D eigenvalue weighted by molar-refractivity contribution is -0.138. The van der Waals surface area contributed by atoms with Crippen molar-refractivity contribution >= 4 is 37.8 Å². The predicted octanol–water partition coefficient (Wildman–Crippen LogP) is 3.24. The van der Waals surface area contributed by atoms with E-state index in [1.54, 1.807) is 36.1 Å². The average Bonchev–Trinajstić information content (AvgIpc) is 3.33. The molecule has 0 radical (unpaired) electrons. The topological polar surface area (TPSA) is 109 Å². The largest absolute Gasteiger partial charge is 0.490 e. The van der Waals surface area contributed by atoms with Gasteiger partial charge in [-0.05, 0) is 53.9 Å². The Morgan fingerprint density at radius 3 is 2.87 bits per heavy atom. The highest BCUT2D eigenvalue weighted by Crippen LogP contribution is 2.38. The van der Waals surface area contributed by atoms with Crippen LogP contribution in [0.2, 0.25) is 0 Å². The molecule has 0 unspecified atom stereocenters. The number of hydrogen-bond donors (Lipinski definition) is 0. The van der Waals surface area contributed by atoms with E-state index in [1.165, 1.54) is 12.1 Å². The molecule has 0 saturated carbocycles. The van der Waals surface area contributed by atoms with E-state index in [0.717, 1.165) is 0 Å². The van der Waals surface area contributed by atoms with E-state index in [1.807, 2.05) is 6.07 Å². The van der Waals surface area contributed by atoms with Crippen LogP contribution in [0.5, 0.6) is 11.5 Å². The summed E-state index contributed by atoms with van der Waals surface area (Å²) in [5.41, 5.74) is 0.844. The Hall–Kier alpha value is -2.90. The number of carbonyl (C=O) groups is 1. The summed E-state index contributed by atoms with van der Waals surface area (Å²) in [6, 6.07) is 11.0. The Bertz CT molecular complexity index is 1240. The molecular weight excluding hydrogens is 486 g/mol. The van der Waals surface area contributed by atoms with Crippen molar-refractivity contribution in [3.05, 3.63) is 52.0 Å². The lowest BCUT2D eigenvalue weighted by atomic mass is 10.1. The van der Waals surface area contributed by atoms with Crippen LogP contribution in [0.25, 0.3) is 0 Å². The number of nitrogens with zero attached hydrogens (tertiary/aromatic N) is 3. The van der Waals surface area contributed by atoms with Crippen LogP contribution < -0.4 is 9.47 Å². The molecular formula is C21H18BrN3O5S. The van der Waals surface area contributed by atoms with Gasteiger partial charge >= 0.3 is 5.97 Å². The minimum absolute atomic E-state index is 0.137. The molecule has 2 heterocycles. The van der Waals surface area contributed by atoms with Crippen molar-refractivity contribution in [2.75, 3.05) is 13.2 Å². The molecule has 10 heteroatoms. The quantitative estimate of drug-likeness (QED) is 0.465. The number of likely N-dealkylation sites (tertiary alicyclic amines) is 1. The van der Waals surface area contributed by atoms with Crippen molar-refractivity contribution < 1.29 is 22.7 Å². The third-order valence-electron chi connectivity index (χ3n) is 5.05. The molecule has 2 aromatic rings. The first-order chi connectivity index (χ1) is 14.9. The van der Waals surface area contributed by atoms with E-state index in [9.17, 15) is 18.5 Å². The van der Waals surface area contributed by atoms with Crippen molar-refractivity contribution in [3.8, 4) is 17.6 Å². The molecule has 8 nitrogen and oxygen atoms in total. The molecule has 2 aliphatic heterocycles. The number of sulfonamides is 1. The van der Waals surface area contributed by atoms with E-state index >= 15 is 0 Å². The Morgan fingerprint density at radius 1 is 1.35 bits per heavy atom. The fourth-order valence-electron chi connectivity index (χ4n) is 3.72. The third-order valence-corrected chi connectivity index (χ3v) is 6.96. The minimum atomic E-state index is -3.79. The van der Waals surface area contributed by atoms with Crippen LogP contribution in [-0.2, 0) is 14.8 Å². The predicted molar refractivity (Wildman–Crippen MR) is 116 cm³/mol. The van der Waals surface area contributed by atoms with Gasteiger partial charge in [-0.2, -0.15) is 13.7 Å². The summed E-state index contributed by atoms with van der Waals surface area (Å²) in [6.07, 6.45) is 1.19. The van der Waals surface area contributed by atoms with Crippen LogP contribution in [0.4, 0.5) is 0 Å². The van der Waals surface area contributed by atoms with E-state index in [0.29, 0.717) is 41.6 Å². The van der Waals surface area contributed by atoms with Crippen molar-refractivity contribution in [3.63, 3.8) is 0 Å². The number of halogens is 1. The molecule has 0 bridgehead atoms. The summed E-state index contributed by atoms with van der Waals surface area (Å²) >= 11 is 3.34. The molecule has 1 saturated heterocycles. The second-order valence-corrected chi connectivity index (χ2v) is 9.42. The zero-order chi connectivity index (χ0) is 22.2. The summed E-state index contributed by atoms with van der Waals surface area (Å²) in [5.74, 6) is 0.170. The number of rotatable bonds is 4. The highest BCUT2D eigenvalue weighted by Gasteiger charge is 2.40. The van der Waals surface area contributed by atoms with E-state index in [-0.39, 0.29) is 22.2 Å².